The van der Waals surface area contributed by atoms with Crippen LogP contribution >= 0.6 is 0 Å². The molecule has 0 aliphatic heterocycles. The van der Waals surface area contributed by atoms with Gasteiger partial charge in [-0.1, -0.05) is 0 Å². The second-order valence-corrected chi connectivity index (χ2v) is 3.77. The second kappa shape index (κ2) is 3.47. The standard InChI is InChI=1S/C9H15N3O/c1-12(8-2-9(13)3-8)5-7-4-10-6-11-7/h4,6,8-9,13H,2-3,5H2,1H3,(H,10,11). The van der Waals surface area contributed by atoms with Crippen molar-refractivity contribution in [1.29, 1.82) is 0 Å². The summed E-state index contributed by atoms with van der Waals surface area (Å²) >= 11 is 0. The molecule has 0 unspecified atom stereocenters. The van der Waals surface area contributed by atoms with Crippen molar-refractivity contribution in [2.45, 2.75) is 31.5 Å². The Morgan fingerprint density at radius 3 is 3.00 bits per heavy atom. The average Bonchev–Trinajstić information content (AvgIpc) is 2.51. The predicted molar refractivity (Wildman–Crippen MR) is 49.1 cm³/mol. The van der Waals surface area contributed by atoms with E-state index in [4.69, 9.17) is 5.11 Å². The molecular weight excluding hydrogens is 166 g/mol. The fourth-order valence-electron chi connectivity index (χ4n) is 1.69. The molecule has 4 nitrogen and oxygen atoms in total. The molecule has 1 aromatic rings. The molecule has 0 saturated heterocycles. The van der Waals surface area contributed by atoms with E-state index in [2.05, 4.69) is 21.9 Å². The zero-order chi connectivity index (χ0) is 9.26. The highest BCUT2D eigenvalue weighted by Gasteiger charge is 2.30. The summed E-state index contributed by atoms with van der Waals surface area (Å²) in [5.74, 6) is 0. The first kappa shape index (κ1) is 8.72. The number of nitrogens with one attached hydrogen (secondary N) is 1. The molecule has 4 heteroatoms. The van der Waals surface area contributed by atoms with Gasteiger partial charge >= 0.3 is 0 Å². The Morgan fingerprint density at radius 2 is 2.46 bits per heavy atom. The lowest BCUT2D eigenvalue weighted by atomic mass is 9.88. The number of imidazole rings is 1. The van der Waals surface area contributed by atoms with Gasteiger partial charge in [0.1, 0.15) is 0 Å². The van der Waals surface area contributed by atoms with Gasteiger partial charge in [0, 0.05) is 24.5 Å². The number of aromatic nitrogens is 2. The van der Waals surface area contributed by atoms with E-state index in [9.17, 15) is 0 Å². The summed E-state index contributed by atoms with van der Waals surface area (Å²) in [5.41, 5.74) is 1.13. The maximum atomic E-state index is 9.15. The number of nitrogens with zero attached hydrogens (tertiary/aromatic N) is 2. The summed E-state index contributed by atoms with van der Waals surface area (Å²) in [6.45, 7) is 0.886. The van der Waals surface area contributed by atoms with E-state index in [1.54, 1.807) is 6.33 Å². The van der Waals surface area contributed by atoms with E-state index < -0.39 is 0 Å². The Labute approximate surface area is 77.6 Å². The largest absolute Gasteiger partial charge is 0.393 e. The van der Waals surface area contributed by atoms with Crippen molar-refractivity contribution in [3.8, 4) is 0 Å². The van der Waals surface area contributed by atoms with Gasteiger partial charge in [0.15, 0.2) is 0 Å². The summed E-state index contributed by atoms with van der Waals surface area (Å²) in [7, 11) is 2.08. The first-order valence-electron chi connectivity index (χ1n) is 4.61. The van der Waals surface area contributed by atoms with Crippen LogP contribution in [-0.2, 0) is 6.54 Å². The molecule has 1 fully saturated rings. The normalized spacial score (nSPS) is 27.6. The Kier molecular flexibility index (Phi) is 2.33. The maximum absolute atomic E-state index is 9.15. The van der Waals surface area contributed by atoms with Crippen LogP contribution in [0.15, 0.2) is 12.5 Å². The van der Waals surface area contributed by atoms with Crippen LogP contribution in [0, 0.1) is 0 Å². The number of rotatable bonds is 3. The van der Waals surface area contributed by atoms with Gasteiger partial charge in [0.25, 0.3) is 0 Å². The van der Waals surface area contributed by atoms with E-state index in [1.165, 1.54) is 0 Å². The van der Waals surface area contributed by atoms with Gasteiger partial charge in [-0.05, 0) is 19.9 Å². The highest BCUT2D eigenvalue weighted by atomic mass is 16.3. The van der Waals surface area contributed by atoms with Crippen molar-refractivity contribution in [2.24, 2.45) is 0 Å². The van der Waals surface area contributed by atoms with Crippen molar-refractivity contribution >= 4 is 0 Å². The van der Waals surface area contributed by atoms with Crippen molar-refractivity contribution in [3.63, 3.8) is 0 Å². The highest BCUT2D eigenvalue weighted by Crippen LogP contribution is 2.25. The van der Waals surface area contributed by atoms with Crippen LogP contribution in [-0.4, -0.2) is 39.2 Å². The molecule has 1 aliphatic rings. The molecule has 1 aliphatic carbocycles. The number of H-pyrrole nitrogens is 1. The second-order valence-electron chi connectivity index (χ2n) is 3.77. The summed E-state index contributed by atoms with van der Waals surface area (Å²) in [5, 5.41) is 9.15. The SMILES string of the molecule is CN(Cc1cnc[nH]1)C1CC(O)C1. The molecular formula is C9H15N3O. The van der Waals surface area contributed by atoms with Crippen LogP contribution in [0.3, 0.4) is 0 Å². The van der Waals surface area contributed by atoms with Gasteiger partial charge < -0.3 is 10.1 Å². The fourth-order valence-corrected chi connectivity index (χ4v) is 1.69. The minimum absolute atomic E-state index is 0.0748. The summed E-state index contributed by atoms with van der Waals surface area (Å²) in [6, 6.07) is 0.540. The summed E-state index contributed by atoms with van der Waals surface area (Å²) in [6.07, 6.45) is 5.27. The smallest absolute Gasteiger partial charge is 0.0922 e. The molecule has 1 aromatic heterocycles. The molecule has 0 bridgehead atoms. The van der Waals surface area contributed by atoms with Crippen molar-refractivity contribution in [2.75, 3.05) is 7.05 Å². The molecule has 2 N–H and O–H groups in total. The van der Waals surface area contributed by atoms with E-state index in [0.717, 1.165) is 25.1 Å². The fraction of sp³-hybridized carbons (Fsp3) is 0.667. The molecule has 0 radical (unpaired) electrons. The number of hydrogen-bond donors (Lipinski definition) is 2. The minimum atomic E-state index is -0.0748. The van der Waals surface area contributed by atoms with E-state index in [0.29, 0.717) is 6.04 Å². The van der Waals surface area contributed by atoms with Crippen LogP contribution in [0.25, 0.3) is 0 Å². The molecule has 72 valence electrons. The minimum Gasteiger partial charge on any atom is -0.393 e. The van der Waals surface area contributed by atoms with Gasteiger partial charge in [-0.15, -0.1) is 0 Å². The number of aliphatic hydroxyl groups is 1. The maximum Gasteiger partial charge on any atom is 0.0922 e. The first-order valence-corrected chi connectivity index (χ1v) is 4.61. The molecule has 0 aromatic carbocycles. The third-order valence-electron chi connectivity index (χ3n) is 2.69. The topological polar surface area (TPSA) is 52.2 Å². The van der Waals surface area contributed by atoms with E-state index in [1.807, 2.05) is 6.20 Å². The first-order chi connectivity index (χ1) is 6.25. The molecule has 13 heavy (non-hydrogen) atoms. The Morgan fingerprint density at radius 1 is 1.69 bits per heavy atom. The predicted octanol–water partition coefficient (Wildman–Crippen LogP) is 0.365. The van der Waals surface area contributed by atoms with Crippen molar-refractivity contribution in [3.05, 3.63) is 18.2 Å². The summed E-state index contributed by atoms with van der Waals surface area (Å²) < 4.78 is 0. The molecule has 0 atom stereocenters. The number of aromatic amines is 1. The van der Waals surface area contributed by atoms with E-state index >= 15 is 0 Å². The van der Waals surface area contributed by atoms with Gasteiger partial charge in [0.05, 0.1) is 12.4 Å². The third kappa shape index (κ3) is 1.89. The van der Waals surface area contributed by atoms with Crippen LogP contribution in [0.4, 0.5) is 0 Å². The summed E-state index contributed by atoms with van der Waals surface area (Å²) in [4.78, 5) is 9.28. The molecule has 1 saturated carbocycles. The van der Waals surface area contributed by atoms with Crippen molar-refractivity contribution in [1.82, 2.24) is 14.9 Å². The Bertz CT molecular complexity index is 254. The van der Waals surface area contributed by atoms with Gasteiger partial charge in [-0.25, -0.2) is 4.98 Å². The Balaban J connectivity index is 1.82. The Hall–Kier alpha value is -0.870. The van der Waals surface area contributed by atoms with Crippen molar-refractivity contribution < 1.29 is 5.11 Å². The molecule has 0 spiro atoms. The lowest BCUT2D eigenvalue weighted by molar-refractivity contribution is 0.00888. The van der Waals surface area contributed by atoms with Gasteiger partial charge in [-0.3, -0.25) is 4.90 Å². The quantitative estimate of drug-likeness (QED) is 0.708. The molecule has 1 heterocycles. The lowest BCUT2D eigenvalue weighted by Gasteiger charge is -2.38. The average molecular weight is 181 g/mol. The highest BCUT2D eigenvalue weighted by molar-refractivity contribution is 4.96. The van der Waals surface area contributed by atoms with Crippen LogP contribution < -0.4 is 0 Å². The number of aliphatic hydroxyl groups excluding tert-OH is 1. The zero-order valence-corrected chi connectivity index (χ0v) is 7.77. The van der Waals surface area contributed by atoms with Crippen LogP contribution in [0.2, 0.25) is 0 Å². The number of hydrogen-bond acceptors (Lipinski definition) is 3. The van der Waals surface area contributed by atoms with Crippen LogP contribution in [0.5, 0.6) is 0 Å². The monoisotopic (exact) mass is 181 g/mol. The third-order valence-corrected chi connectivity index (χ3v) is 2.69. The van der Waals surface area contributed by atoms with Gasteiger partial charge in [0.2, 0.25) is 0 Å². The molecule has 0 amide bonds. The van der Waals surface area contributed by atoms with Gasteiger partial charge in [-0.2, -0.15) is 0 Å². The zero-order valence-electron chi connectivity index (χ0n) is 7.77. The molecule has 2 rings (SSSR count). The van der Waals surface area contributed by atoms with E-state index in [-0.39, 0.29) is 6.10 Å². The lowest BCUT2D eigenvalue weighted by Crippen LogP contribution is -2.44. The van der Waals surface area contributed by atoms with Crippen LogP contribution in [0.1, 0.15) is 18.5 Å².